The number of hydrogen-bond acceptors (Lipinski definition) is 6. The first-order valence-electron chi connectivity index (χ1n) is 8.22. The molecule has 1 aliphatic rings. The number of hydrogen-bond donors (Lipinski definition) is 0. The third-order valence-corrected chi connectivity index (χ3v) is 6.26. The van der Waals surface area contributed by atoms with E-state index < -0.39 is 26.9 Å². The van der Waals surface area contributed by atoms with Crippen molar-refractivity contribution >= 4 is 21.4 Å². The summed E-state index contributed by atoms with van der Waals surface area (Å²) in [6, 6.07) is 10.3. The molecule has 0 saturated carbocycles. The van der Waals surface area contributed by atoms with Gasteiger partial charge in [0.05, 0.1) is 21.3 Å². The van der Waals surface area contributed by atoms with E-state index in [1.54, 1.807) is 24.3 Å². The topological polar surface area (TPSA) is 82.1 Å². The Bertz CT molecular complexity index is 943. The van der Waals surface area contributed by atoms with Crippen LogP contribution in [0.4, 0.5) is 5.69 Å². The fourth-order valence-corrected chi connectivity index (χ4v) is 4.95. The third kappa shape index (κ3) is 3.32. The normalized spacial score (nSPS) is 18.4. The first kappa shape index (κ1) is 19.0. The Morgan fingerprint density at radius 3 is 2.00 bits per heavy atom. The molecule has 144 valence electrons. The molecule has 0 aliphatic carbocycles. The van der Waals surface area contributed by atoms with Crippen LogP contribution in [-0.4, -0.2) is 41.4 Å². The Labute approximate surface area is 158 Å². The minimum absolute atomic E-state index is 0.324. The van der Waals surface area contributed by atoms with Crippen LogP contribution in [0, 0.1) is 6.92 Å². The number of sulfone groups is 1. The monoisotopic (exact) mass is 391 g/mol. The number of carbonyl (C=O) groups excluding carboxylic acids is 1. The van der Waals surface area contributed by atoms with Crippen molar-refractivity contribution in [1.29, 1.82) is 0 Å². The molecule has 3 rings (SSSR count). The van der Waals surface area contributed by atoms with Crippen LogP contribution < -0.4 is 19.1 Å². The van der Waals surface area contributed by atoms with E-state index in [4.69, 9.17) is 14.2 Å². The van der Waals surface area contributed by atoms with E-state index in [-0.39, 0.29) is 0 Å². The van der Waals surface area contributed by atoms with E-state index >= 15 is 0 Å². The van der Waals surface area contributed by atoms with Gasteiger partial charge in [0, 0.05) is 5.69 Å². The second-order valence-corrected chi connectivity index (χ2v) is 8.28. The van der Waals surface area contributed by atoms with Crippen molar-refractivity contribution in [1.82, 2.24) is 0 Å². The van der Waals surface area contributed by atoms with Crippen molar-refractivity contribution in [2.45, 2.75) is 12.3 Å². The Hall–Kier alpha value is -2.74. The van der Waals surface area contributed by atoms with E-state index in [0.29, 0.717) is 28.5 Å². The first-order valence-corrected chi connectivity index (χ1v) is 9.94. The van der Waals surface area contributed by atoms with Gasteiger partial charge in [-0.1, -0.05) is 17.7 Å². The van der Waals surface area contributed by atoms with Crippen molar-refractivity contribution in [2.75, 3.05) is 32.0 Å². The number of ether oxygens (including phenoxy) is 3. The Kier molecular flexibility index (Phi) is 5.01. The highest BCUT2D eigenvalue weighted by Crippen LogP contribution is 2.44. The van der Waals surface area contributed by atoms with Crippen molar-refractivity contribution in [2.24, 2.45) is 0 Å². The van der Waals surface area contributed by atoms with Gasteiger partial charge in [-0.2, -0.15) is 0 Å². The number of methoxy groups -OCH3 is 3. The molecule has 1 aliphatic heterocycles. The Morgan fingerprint density at radius 2 is 1.52 bits per heavy atom. The summed E-state index contributed by atoms with van der Waals surface area (Å²) in [7, 11) is 0.628. The van der Waals surface area contributed by atoms with Gasteiger partial charge in [0.15, 0.2) is 26.7 Å². The summed E-state index contributed by atoms with van der Waals surface area (Å²) < 4.78 is 41.6. The highest BCUT2D eigenvalue weighted by atomic mass is 32.2. The molecule has 1 atom stereocenters. The molecule has 0 N–H and O–H groups in total. The predicted molar refractivity (Wildman–Crippen MR) is 101 cm³/mol. The zero-order valence-corrected chi connectivity index (χ0v) is 16.4. The summed E-state index contributed by atoms with van der Waals surface area (Å²) >= 11 is 0. The number of anilines is 1. The highest BCUT2D eigenvalue weighted by Gasteiger charge is 2.46. The van der Waals surface area contributed by atoms with Crippen molar-refractivity contribution in [3.05, 3.63) is 47.5 Å². The smallest absolute Gasteiger partial charge is 0.243 e. The van der Waals surface area contributed by atoms with Gasteiger partial charge >= 0.3 is 0 Å². The maximum absolute atomic E-state index is 12.8. The van der Waals surface area contributed by atoms with Crippen LogP contribution in [0.2, 0.25) is 0 Å². The van der Waals surface area contributed by atoms with Crippen molar-refractivity contribution < 1.29 is 27.4 Å². The quantitative estimate of drug-likeness (QED) is 0.779. The van der Waals surface area contributed by atoms with E-state index in [9.17, 15) is 13.2 Å². The molecule has 7 nitrogen and oxygen atoms in total. The van der Waals surface area contributed by atoms with E-state index in [1.165, 1.54) is 26.2 Å². The number of amides is 1. The van der Waals surface area contributed by atoms with Crippen molar-refractivity contribution in [3.8, 4) is 17.2 Å². The Morgan fingerprint density at radius 1 is 0.963 bits per heavy atom. The van der Waals surface area contributed by atoms with E-state index in [0.717, 1.165) is 5.56 Å². The number of benzene rings is 2. The summed E-state index contributed by atoms with van der Waals surface area (Å²) in [6.45, 7) is 1.92. The van der Waals surface area contributed by atoms with Crippen LogP contribution in [0.3, 0.4) is 0 Å². The second-order valence-electron chi connectivity index (χ2n) is 6.22. The molecule has 0 bridgehead atoms. The molecule has 1 amide bonds. The molecular formula is C19H21NO6S. The summed E-state index contributed by atoms with van der Waals surface area (Å²) in [5.74, 6) is -0.0252. The lowest BCUT2D eigenvalue weighted by atomic mass is 10.1. The molecule has 1 fully saturated rings. The van der Waals surface area contributed by atoms with Gasteiger partial charge in [-0.15, -0.1) is 0 Å². The van der Waals surface area contributed by atoms with Gasteiger partial charge in [-0.3, -0.25) is 9.69 Å². The van der Waals surface area contributed by atoms with E-state index in [2.05, 4.69) is 0 Å². The van der Waals surface area contributed by atoms with Crippen molar-refractivity contribution in [3.63, 3.8) is 0 Å². The van der Waals surface area contributed by atoms with Crippen LogP contribution >= 0.6 is 0 Å². The van der Waals surface area contributed by atoms with Crippen LogP contribution in [0.1, 0.15) is 16.5 Å². The zero-order valence-electron chi connectivity index (χ0n) is 15.6. The first-order chi connectivity index (χ1) is 12.8. The summed E-state index contributed by atoms with van der Waals surface area (Å²) in [6.07, 6.45) is 0. The number of aryl methyl sites for hydroxylation is 1. The fourth-order valence-electron chi connectivity index (χ4n) is 3.20. The largest absolute Gasteiger partial charge is 0.493 e. The minimum atomic E-state index is -3.74. The molecule has 0 unspecified atom stereocenters. The lowest BCUT2D eigenvalue weighted by molar-refractivity contribution is -0.115. The highest BCUT2D eigenvalue weighted by molar-refractivity contribution is 7.93. The van der Waals surface area contributed by atoms with Gasteiger partial charge in [0.2, 0.25) is 11.7 Å². The molecule has 2 aromatic carbocycles. The molecule has 1 heterocycles. The average Bonchev–Trinajstić information content (AvgIpc) is 2.89. The zero-order chi connectivity index (χ0) is 19.8. The maximum Gasteiger partial charge on any atom is 0.243 e. The second kappa shape index (κ2) is 7.11. The lowest BCUT2D eigenvalue weighted by Crippen LogP contribution is -2.29. The Balaban J connectivity index is 2.19. The molecule has 0 aromatic heterocycles. The molecule has 2 aromatic rings. The summed E-state index contributed by atoms with van der Waals surface area (Å²) in [5.41, 5.74) is 1.90. The molecular weight excluding hydrogens is 370 g/mol. The standard InChI is InChI=1S/C19H21NO6S/c1-12-5-7-14(8-6-12)20-17(21)11-27(22,23)19(20)13-9-15(24-2)18(26-4)16(10-13)25-3/h5-10,19H,11H2,1-4H3/t19-/m1/s1. The lowest BCUT2D eigenvalue weighted by Gasteiger charge is -2.25. The van der Waals surface area contributed by atoms with Gasteiger partial charge in [0.25, 0.3) is 0 Å². The fraction of sp³-hybridized carbons (Fsp3) is 0.316. The van der Waals surface area contributed by atoms with E-state index in [1.807, 2.05) is 19.1 Å². The summed E-state index contributed by atoms with van der Waals surface area (Å²) in [5, 5.41) is -1.17. The number of nitrogens with zero attached hydrogens (tertiary/aromatic N) is 1. The van der Waals surface area contributed by atoms with Crippen LogP contribution in [0.25, 0.3) is 0 Å². The molecule has 0 radical (unpaired) electrons. The SMILES string of the molecule is COc1cc([C@@H]2N(c3ccc(C)cc3)C(=O)CS2(=O)=O)cc(OC)c1OC. The van der Waals surface area contributed by atoms with Gasteiger partial charge in [0.1, 0.15) is 5.75 Å². The van der Waals surface area contributed by atoms with Crippen LogP contribution in [0.5, 0.6) is 17.2 Å². The van der Waals surface area contributed by atoms with Gasteiger partial charge < -0.3 is 14.2 Å². The maximum atomic E-state index is 12.8. The minimum Gasteiger partial charge on any atom is -0.493 e. The third-order valence-electron chi connectivity index (χ3n) is 4.45. The van der Waals surface area contributed by atoms with Gasteiger partial charge in [-0.25, -0.2) is 8.42 Å². The number of carbonyl (C=O) groups is 1. The molecule has 0 spiro atoms. The molecule has 8 heteroatoms. The molecule has 1 saturated heterocycles. The predicted octanol–water partition coefficient (Wildman–Crippen LogP) is 2.48. The average molecular weight is 391 g/mol. The summed E-state index contributed by atoms with van der Waals surface area (Å²) in [4.78, 5) is 13.9. The molecule has 27 heavy (non-hydrogen) atoms. The van der Waals surface area contributed by atoms with Crippen LogP contribution in [0.15, 0.2) is 36.4 Å². The number of rotatable bonds is 5. The van der Waals surface area contributed by atoms with Crippen LogP contribution in [-0.2, 0) is 14.6 Å². The van der Waals surface area contributed by atoms with Gasteiger partial charge in [-0.05, 0) is 36.8 Å².